The highest BCUT2D eigenvalue weighted by molar-refractivity contribution is 6.33. The van der Waals surface area contributed by atoms with E-state index in [0.717, 1.165) is 11.4 Å². The minimum Gasteiger partial charge on any atom is -0.359 e. The van der Waals surface area contributed by atoms with E-state index in [1.54, 1.807) is 14.0 Å². The summed E-state index contributed by atoms with van der Waals surface area (Å²) in [6, 6.07) is 1.84. The smallest absolute Gasteiger partial charge is 0.227 e. The van der Waals surface area contributed by atoms with Gasteiger partial charge in [-0.25, -0.2) is 0 Å². The number of hydrogen-bond acceptors (Lipinski definition) is 2. The van der Waals surface area contributed by atoms with Gasteiger partial charge in [0, 0.05) is 30.5 Å². The summed E-state index contributed by atoms with van der Waals surface area (Å²) >= 11 is 5.88. The average Bonchev–Trinajstić information content (AvgIpc) is 2.64. The van der Waals surface area contributed by atoms with Crippen LogP contribution in [0.5, 0.6) is 0 Å². The van der Waals surface area contributed by atoms with Crippen LogP contribution >= 0.6 is 11.6 Å². The van der Waals surface area contributed by atoms with Crippen molar-refractivity contribution in [3.63, 3.8) is 0 Å². The minimum atomic E-state index is -0.545. The zero-order valence-electron chi connectivity index (χ0n) is 13.0. The summed E-state index contributed by atoms with van der Waals surface area (Å²) in [4.78, 5) is 24.0. The highest BCUT2D eigenvalue weighted by Crippen LogP contribution is 2.25. The van der Waals surface area contributed by atoms with Crippen LogP contribution < -0.4 is 5.32 Å². The van der Waals surface area contributed by atoms with Gasteiger partial charge in [-0.05, 0) is 40.7 Å². The Morgan fingerprint density at radius 1 is 1.40 bits per heavy atom. The zero-order valence-corrected chi connectivity index (χ0v) is 13.8. The molecule has 0 bridgehead atoms. The van der Waals surface area contributed by atoms with Crippen molar-refractivity contribution in [3.8, 4) is 0 Å². The molecular weight excluding hydrogens is 276 g/mol. The maximum absolute atomic E-state index is 12.1. The van der Waals surface area contributed by atoms with Crippen LogP contribution in [0.4, 0.5) is 0 Å². The lowest BCUT2D eigenvalue weighted by molar-refractivity contribution is -0.129. The van der Waals surface area contributed by atoms with Gasteiger partial charge in [0.25, 0.3) is 0 Å². The maximum Gasteiger partial charge on any atom is 0.227 e. The Kier molecular flexibility index (Phi) is 5.03. The van der Waals surface area contributed by atoms with E-state index in [1.165, 1.54) is 0 Å². The molecule has 5 heteroatoms. The molecular formula is C15H23ClN2O2. The number of halogens is 1. The van der Waals surface area contributed by atoms with Crippen molar-refractivity contribution in [2.45, 2.75) is 46.5 Å². The molecule has 1 rings (SSSR count). The molecule has 0 fully saturated rings. The topological polar surface area (TPSA) is 51.1 Å². The fraction of sp³-hybridized carbons (Fsp3) is 0.600. The van der Waals surface area contributed by atoms with Crippen molar-refractivity contribution < 1.29 is 9.59 Å². The molecule has 1 N–H and O–H groups in total. The van der Waals surface area contributed by atoms with Crippen molar-refractivity contribution in [1.82, 2.24) is 9.88 Å². The molecule has 1 atom stereocenters. The first kappa shape index (κ1) is 16.8. The molecule has 1 aromatic rings. The number of amides is 1. The number of carbonyl (C=O) groups is 2. The van der Waals surface area contributed by atoms with Crippen LogP contribution in [0.1, 0.15) is 42.5 Å². The highest BCUT2D eigenvalue weighted by atomic mass is 35.5. The lowest BCUT2D eigenvalue weighted by Gasteiger charge is -2.25. The van der Waals surface area contributed by atoms with E-state index >= 15 is 0 Å². The van der Waals surface area contributed by atoms with Gasteiger partial charge in [-0.3, -0.25) is 9.59 Å². The van der Waals surface area contributed by atoms with Gasteiger partial charge in [0.1, 0.15) is 0 Å². The Morgan fingerprint density at radius 3 is 2.40 bits per heavy atom. The Labute approximate surface area is 125 Å². The quantitative estimate of drug-likeness (QED) is 0.671. The number of hydrogen-bond donors (Lipinski definition) is 1. The van der Waals surface area contributed by atoms with Crippen LogP contribution in [0.3, 0.4) is 0 Å². The Bertz CT molecular complexity index is 530. The Balaban J connectivity index is 3.16. The van der Waals surface area contributed by atoms with E-state index in [1.807, 2.05) is 38.3 Å². The van der Waals surface area contributed by atoms with Gasteiger partial charge >= 0.3 is 0 Å². The molecule has 112 valence electrons. The second-order valence-electron chi connectivity index (χ2n) is 5.81. The third kappa shape index (κ3) is 3.23. The maximum atomic E-state index is 12.1. The monoisotopic (exact) mass is 298 g/mol. The molecule has 1 amide bonds. The van der Waals surface area contributed by atoms with Crippen LogP contribution in [0, 0.1) is 19.3 Å². The largest absolute Gasteiger partial charge is 0.359 e. The normalized spacial score (nSPS) is 13.2. The molecule has 0 spiro atoms. The van der Waals surface area contributed by atoms with Gasteiger partial charge < -0.3 is 9.88 Å². The summed E-state index contributed by atoms with van der Waals surface area (Å²) < 4.78 is 2.00. The summed E-state index contributed by atoms with van der Waals surface area (Å²) in [6.07, 6.45) is 0. The van der Waals surface area contributed by atoms with E-state index in [4.69, 9.17) is 11.6 Å². The molecule has 0 aromatic carbocycles. The second-order valence-corrected chi connectivity index (χ2v) is 6.47. The molecule has 1 unspecified atom stereocenters. The van der Waals surface area contributed by atoms with E-state index in [0.29, 0.717) is 12.1 Å². The fourth-order valence-corrected chi connectivity index (χ4v) is 2.43. The predicted octanol–water partition coefficient (Wildman–Crippen LogP) is 2.69. The average molecular weight is 299 g/mol. The number of alkyl halides is 1. The number of Topliss-reactive ketones (excluding diaryl/α,β-unsaturated/α-hetero) is 1. The molecule has 0 saturated carbocycles. The summed E-state index contributed by atoms with van der Waals surface area (Å²) in [5.74, 6) is -0.104. The number of rotatable bonds is 5. The number of nitrogens with one attached hydrogen (secondary N) is 1. The molecule has 4 nitrogen and oxygen atoms in total. The molecule has 0 saturated heterocycles. The van der Waals surface area contributed by atoms with Crippen molar-refractivity contribution in [1.29, 1.82) is 0 Å². The SMILES string of the molecule is CNC(=O)C(C)(C)Cn1c(C)cc(C(=O)C(C)Cl)c1C. The van der Waals surface area contributed by atoms with E-state index in [2.05, 4.69) is 5.32 Å². The van der Waals surface area contributed by atoms with E-state index in [-0.39, 0.29) is 11.7 Å². The Morgan fingerprint density at radius 2 is 1.95 bits per heavy atom. The first-order valence-electron chi connectivity index (χ1n) is 6.69. The van der Waals surface area contributed by atoms with Crippen LogP contribution in [-0.4, -0.2) is 28.7 Å². The first-order chi connectivity index (χ1) is 9.11. The van der Waals surface area contributed by atoms with Gasteiger partial charge in [-0.1, -0.05) is 0 Å². The number of aryl methyl sites for hydroxylation is 1. The van der Waals surface area contributed by atoms with Gasteiger partial charge in [0.2, 0.25) is 5.91 Å². The first-order valence-corrected chi connectivity index (χ1v) is 7.12. The molecule has 1 heterocycles. The van der Waals surface area contributed by atoms with Crippen LogP contribution in [0.15, 0.2) is 6.07 Å². The van der Waals surface area contributed by atoms with Crippen molar-refractivity contribution in [3.05, 3.63) is 23.0 Å². The highest BCUT2D eigenvalue weighted by Gasteiger charge is 2.29. The minimum absolute atomic E-state index is 0.0245. The predicted molar refractivity (Wildman–Crippen MR) is 81.4 cm³/mol. The van der Waals surface area contributed by atoms with Crippen LogP contribution in [-0.2, 0) is 11.3 Å². The summed E-state index contributed by atoms with van der Waals surface area (Å²) in [5.41, 5.74) is 1.91. The van der Waals surface area contributed by atoms with Gasteiger partial charge in [0.05, 0.1) is 10.8 Å². The second kappa shape index (κ2) is 6.00. The number of carbonyl (C=O) groups excluding carboxylic acids is 2. The van der Waals surface area contributed by atoms with Gasteiger partial charge in [-0.15, -0.1) is 11.6 Å². The third-order valence-corrected chi connectivity index (χ3v) is 3.79. The Hall–Kier alpha value is -1.29. The summed E-state index contributed by atoms with van der Waals surface area (Å²) in [6.45, 7) is 9.79. The number of nitrogens with zero attached hydrogens (tertiary/aromatic N) is 1. The van der Waals surface area contributed by atoms with Gasteiger partial charge in [0.15, 0.2) is 5.78 Å². The molecule has 0 aliphatic heterocycles. The number of aromatic nitrogens is 1. The van der Waals surface area contributed by atoms with Crippen molar-refractivity contribution >= 4 is 23.3 Å². The molecule has 0 radical (unpaired) electrons. The lowest BCUT2D eigenvalue weighted by atomic mass is 9.92. The summed E-state index contributed by atoms with van der Waals surface area (Å²) in [7, 11) is 1.63. The molecule has 20 heavy (non-hydrogen) atoms. The standard InChI is InChI=1S/C15H23ClN2O2/c1-9-7-12(13(19)10(2)16)11(3)18(9)8-15(4,5)14(20)17-6/h7,10H,8H2,1-6H3,(H,17,20). The number of ketones is 1. The molecule has 0 aliphatic rings. The zero-order chi connectivity index (χ0) is 15.7. The van der Waals surface area contributed by atoms with Crippen molar-refractivity contribution in [2.75, 3.05) is 7.05 Å². The van der Waals surface area contributed by atoms with E-state index < -0.39 is 10.8 Å². The molecule has 1 aromatic heterocycles. The van der Waals surface area contributed by atoms with E-state index in [9.17, 15) is 9.59 Å². The fourth-order valence-electron chi connectivity index (χ4n) is 2.31. The third-order valence-electron chi connectivity index (χ3n) is 3.60. The van der Waals surface area contributed by atoms with Crippen molar-refractivity contribution in [2.24, 2.45) is 5.41 Å². The van der Waals surface area contributed by atoms with Gasteiger partial charge in [-0.2, -0.15) is 0 Å². The lowest BCUT2D eigenvalue weighted by Crippen LogP contribution is -2.38. The molecule has 0 aliphatic carbocycles. The van der Waals surface area contributed by atoms with Crippen LogP contribution in [0.2, 0.25) is 0 Å². The van der Waals surface area contributed by atoms with Crippen LogP contribution in [0.25, 0.3) is 0 Å². The summed E-state index contributed by atoms with van der Waals surface area (Å²) in [5, 5.41) is 2.13.